The van der Waals surface area contributed by atoms with Gasteiger partial charge in [0, 0.05) is 19.6 Å². The van der Waals surface area contributed by atoms with Crippen LogP contribution in [-0.4, -0.2) is 44.7 Å². The van der Waals surface area contributed by atoms with Gasteiger partial charge in [-0.2, -0.15) is 0 Å². The van der Waals surface area contributed by atoms with Gasteiger partial charge in [-0.3, -0.25) is 4.79 Å². The van der Waals surface area contributed by atoms with Gasteiger partial charge in [-0.05, 0) is 31.5 Å². The molecule has 0 radical (unpaired) electrons. The van der Waals surface area contributed by atoms with Crippen LogP contribution in [0.3, 0.4) is 0 Å². The Morgan fingerprint density at radius 2 is 1.96 bits per heavy atom. The fraction of sp³-hybridized carbons (Fsp3) is 0.438. The van der Waals surface area contributed by atoms with Crippen molar-refractivity contribution in [3.63, 3.8) is 0 Å². The van der Waals surface area contributed by atoms with Crippen molar-refractivity contribution in [2.75, 3.05) is 12.8 Å². The third kappa shape index (κ3) is 5.94. The van der Waals surface area contributed by atoms with E-state index in [1.807, 2.05) is 18.4 Å². The molecule has 0 spiro atoms. The van der Waals surface area contributed by atoms with E-state index in [1.54, 1.807) is 13.4 Å². The molecular weight excluding hydrogens is 369 g/mol. The molecule has 0 bridgehead atoms. The molecular formula is C16H19F3N4O2S. The molecule has 0 atom stereocenters. The van der Waals surface area contributed by atoms with Gasteiger partial charge in [0.1, 0.15) is 12.1 Å². The zero-order valence-corrected chi connectivity index (χ0v) is 15.3. The second-order valence-corrected chi connectivity index (χ2v) is 6.79. The molecule has 0 saturated carbocycles. The Bertz CT molecular complexity index is 732. The number of amides is 1. The predicted octanol–water partition coefficient (Wildman–Crippen LogP) is 3.51. The number of aromatic nitrogens is 3. The van der Waals surface area contributed by atoms with Gasteiger partial charge >= 0.3 is 6.36 Å². The van der Waals surface area contributed by atoms with Crippen LogP contribution in [0.25, 0.3) is 0 Å². The topological polar surface area (TPSA) is 60.2 Å². The van der Waals surface area contributed by atoms with Crippen LogP contribution in [0.5, 0.6) is 5.75 Å². The first-order chi connectivity index (χ1) is 12.2. The summed E-state index contributed by atoms with van der Waals surface area (Å²) in [5, 5.41) is 8.50. The van der Waals surface area contributed by atoms with E-state index >= 15 is 0 Å². The number of benzene rings is 1. The van der Waals surface area contributed by atoms with Gasteiger partial charge in [0.25, 0.3) is 0 Å². The van der Waals surface area contributed by atoms with Gasteiger partial charge in [-0.25, -0.2) is 0 Å². The van der Waals surface area contributed by atoms with Gasteiger partial charge < -0.3 is 14.2 Å². The summed E-state index contributed by atoms with van der Waals surface area (Å²) >= 11 is 1.29. The Morgan fingerprint density at radius 3 is 2.54 bits per heavy atom. The molecule has 0 aliphatic carbocycles. The Labute approximate surface area is 153 Å². The average molecular weight is 388 g/mol. The molecule has 2 aromatic rings. The van der Waals surface area contributed by atoms with E-state index in [0.29, 0.717) is 10.7 Å². The number of hydrogen-bond acceptors (Lipinski definition) is 5. The Morgan fingerprint density at radius 1 is 1.31 bits per heavy atom. The van der Waals surface area contributed by atoms with E-state index in [9.17, 15) is 18.0 Å². The minimum atomic E-state index is -4.72. The van der Waals surface area contributed by atoms with Crippen molar-refractivity contribution in [1.82, 2.24) is 19.7 Å². The average Bonchev–Trinajstić information content (AvgIpc) is 3.01. The Kier molecular flexibility index (Phi) is 6.52. The SMILES string of the molecule is CC(C)n1cnnc1SCC(=O)N(C)Cc1ccc(OC(F)(F)F)cc1. The van der Waals surface area contributed by atoms with Crippen LogP contribution >= 0.6 is 11.8 Å². The Hall–Kier alpha value is -2.23. The molecule has 1 amide bonds. The number of nitrogens with zero attached hydrogens (tertiary/aromatic N) is 4. The Balaban J connectivity index is 1.87. The first-order valence-corrected chi connectivity index (χ1v) is 8.75. The minimum Gasteiger partial charge on any atom is -0.406 e. The molecule has 10 heteroatoms. The van der Waals surface area contributed by atoms with E-state index in [-0.39, 0.29) is 30.0 Å². The first-order valence-electron chi connectivity index (χ1n) is 7.76. The lowest BCUT2D eigenvalue weighted by Gasteiger charge is -2.18. The van der Waals surface area contributed by atoms with Crippen LogP contribution in [0.15, 0.2) is 35.7 Å². The monoisotopic (exact) mass is 388 g/mol. The molecule has 1 heterocycles. The molecule has 0 aliphatic heterocycles. The van der Waals surface area contributed by atoms with Crippen molar-refractivity contribution in [1.29, 1.82) is 0 Å². The minimum absolute atomic E-state index is 0.121. The van der Waals surface area contributed by atoms with E-state index in [2.05, 4.69) is 14.9 Å². The van der Waals surface area contributed by atoms with Crippen molar-refractivity contribution >= 4 is 17.7 Å². The highest BCUT2D eigenvalue weighted by atomic mass is 32.2. The molecule has 6 nitrogen and oxygen atoms in total. The van der Waals surface area contributed by atoms with Crippen molar-refractivity contribution in [3.05, 3.63) is 36.2 Å². The van der Waals surface area contributed by atoms with Crippen LogP contribution in [0.1, 0.15) is 25.5 Å². The fourth-order valence-corrected chi connectivity index (χ4v) is 3.07. The van der Waals surface area contributed by atoms with Gasteiger partial charge in [0.15, 0.2) is 5.16 Å². The van der Waals surface area contributed by atoms with Crippen LogP contribution in [-0.2, 0) is 11.3 Å². The van der Waals surface area contributed by atoms with Crippen molar-refractivity contribution in [3.8, 4) is 5.75 Å². The molecule has 1 aromatic carbocycles. The number of hydrogen-bond donors (Lipinski definition) is 0. The highest BCUT2D eigenvalue weighted by Gasteiger charge is 2.30. The summed E-state index contributed by atoms with van der Waals surface area (Å²) in [7, 11) is 1.64. The summed E-state index contributed by atoms with van der Waals surface area (Å²) in [6.45, 7) is 4.27. The number of rotatable bonds is 7. The largest absolute Gasteiger partial charge is 0.573 e. The maximum Gasteiger partial charge on any atom is 0.573 e. The highest BCUT2D eigenvalue weighted by molar-refractivity contribution is 7.99. The lowest BCUT2D eigenvalue weighted by molar-refractivity contribution is -0.274. The van der Waals surface area contributed by atoms with Crippen LogP contribution in [0, 0.1) is 0 Å². The smallest absolute Gasteiger partial charge is 0.406 e. The lowest BCUT2D eigenvalue weighted by atomic mass is 10.2. The van der Waals surface area contributed by atoms with E-state index in [0.717, 1.165) is 0 Å². The van der Waals surface area contributed by atoms with Gasteiger partial charge in [-0.1, -0.05) is 23.9 Å². The molecule has 1 aromatic heterocycles. The fourth-order valence-electron chi connectivity index (χ4n) is 2.08. The van der Waals surface area contributed by atoms with Crippen molar-refractivity contribution < 1.29 is 22.7 Å². The third-order valence-corrected chi connectivity index (χ3v) is 4.37. The summed E-state index contributed by atoms with van der Waals surface area (Å²) in [6, 6.07) is 5.63. The number of carbonyl (C=O) groups excluding carboxylic acids is 1. The molecule has 0 unspecified atom stereocenters. The summed E-state index contributed by atoms with van der Waals surface area (Å²) in [5.74, 6) is -0.222. The molecule has 142 valence electrons. The van der Waals surface area contributed by atoms with E-state index < -0.39 is 6.36 Å². The second kappa shape index (κ2) is 8.43. The summed E-state index contributed by atoms with van der Waals surface area (Å²) < 4.78 is 42.1. The quantitative estimate of drug-likeness (QED) is 0.680. The zero-order chi connectivity index (χ0) is 19.3. The maximum absolute atomic E-state index is 12.3. The van der Waals surface area contributed by atoms with E-state index in [4.69, 9.17) is 0 Å². The normalized spacial score (nSPS) is 11.7. The molecule has 0 fully saturated rings. The molecule has 0 saturated heterocycles. The van der Waals surface area contributed by atoms with Gasteiger partial charge in [0.2, 0.25) is 5.91 Å². The summed E-state index contributed by atoms with van der Waals surface area (Å²) in [6.07, 6.45) is -3.10. The van der Waals surface area contributed by atoms with Crippen LogP contribution in [0.4, 0.5) is 13.2 Å². The number of carbonyl (C=O) groups is 1. The number of ether oxygens (including phenoxy) is 1. The summed E-state index contributed by atoms with van der Waals surface area (Å²) in [5.41, 5.74) is 0.700. The molecule has 0 N–H and O–H groups in total. The van der Waals surface area contributed by atoms with Gasteiger partial charge in [0.05, 0.1) is 5.75 Å². The van der Waals surface area contributed by atoms with Crippen LogP contribution < -0.4 is 4.74 Å². The summed E-state index contributed by atoms with van der Waals surface area (Å²) in [4.78, 5) is 13.8. The lowest BCUT2D eigenvalue weighted by Crippen LogP contribution is -2.28. The highest BCUT2D eigenvalue weighted by Crippen LogP contribution is 2.23. The standard InChI is InChI=1S/C16H19F3N4O2S/c1-11(2)23-10-20-21-15(23)26-9-14(24)22(3)8-12-4-6-13(7-5-12)25-16(17,18)19/h4-7,10-11H,8-9H2,1-3H3. The zero-order valence-electron chi connectivity index (χ0n) is 14.5. The number of thioether (sulfide) groups is 1. The predicted molar refractivity (Wildman–Crippen MR) is 90.7 cm³/mol. The number of halogens is 3. The van der Waals surface area contributed by atoms with Crippen molar-refractivity contribution in [2.45, 2.75) is 38.0 Å². The van der Waals surface area contributed by atoms with Gasteiger partial charge in [-0.15, -0.1) is 23.4 Å². The first kappa shape index (κ1) is 20.1. The molecule has 0 aliphatic rings. The van der Waals surface area contributed by atoms with Crippen LogP contribution in [0.2, 0.25) is 0 Å². The molecule has 2 rings (SSSR count). The maximum atomic E-state index is 12.3. The van der Waals surface area contributed by atoms with Crippen molar-refractivity contribution in [2.24, 2.45) is 0 Å². The molecule has 26 heavy (non-hydrogen) atoms. The number of alkyl halides is 3. The second-order valence-electron chi connectivity index (χ2n) is 5.84. The van der Waals surface area contributed by atoms with E-state index in [1.165, 1.54) is 40.9 Å². The third-order valence-electron chi connectivity index (χ3n) is 3.42.